The summed E-state index contributed by atoms with van der Waals surface area (Å²) in [6, 6.07) is 8.57. The number of nitrogens with one attached hydrogen (secondary N) is 1. The maximum atomic E-state index is 11.5. The van der Waals surface area contributed by atoms with Crippen LogP contribution in [0.3, 0.4) is 0 Å². The Hall–Kier alpha value is -1.89. The van der Waals surface area contributed by atoms with Gasteiger partial charge in [0.25, 0.3) is 0 Å². The van der Waals surface area contributed by atoms with E-state index in [0.29, 0.717) is 11.7 Å². The molecule has 2 aromatic rings. The first-order valence-electron chi connectivity index (χ1n) is 9.42. The summed E-state index contributed by atoms with van der Waals surface area (Å²) in [7, 11) is 1.85. The zero-order chi connectivity index (χ0) is 19.4. The number of carbonyl (C=O) groups is 1. The standard InChI is InChI=1S/C20H28ClN5O/c1-14-18(19(21)25(2)24-14)11-23-10-15-5-3-6-16(9-15)12-26-8-4-7-17(13-26)20(22)27/h3,5-6,9,17,23H,4,7-8,10-13H2,1-2H3,(H2,22,27)/t17-/m1/s1. The second-order valence-corrected chi connectivity index (χ2v) is 7.74. The van der Waals surface area contributed by atoms with Crippen LogP contribution in [0, 0.1) is 12.8 Å². The lowest BCUT2D eigenvalue weighted by molar-refractivity contribution is -0.123. The number of carbonyl (C=O) groups excluding carboxylic acids is 1. The van der Waals surface area contributed by atoms with Crippen LogP contribution in [0.1, 0.15) is 35.2 Å². The van der Waals surface area contributed by atoms with Crippen LogP contribution in [-0.2, 0) is 31.5 Å². The molecule has 1 aliphatic heterocycles. The lowest BCUT2D eigenvalue weighted by Gasteiger charge is -2.31. The molecule has 1 aromatic heterocycles. The topological polar surface area (TPSA) is 76.2 Å². The molecule has 0 bridgehead atoms. The number of aryl methyl sites for hydroxylation is 2. The number of benzene rings is 1. The van der Waals surface area contributed by atoms with Crippen LogP contribution in [0.25, 0.3) is 0 Å². The van der Waals surface area contributed by atoms with Gasteiger partial charge in [-0.1, -0.05) is 35.9 Å². The highest BCUT2D eigenvalue weighted by Gasteiger charge is 2.23. The maximum Gasteiger partial charge on any atom is 0.221 e. The normalized spacial score (nSPS) is 18.0. The van der Waals surface area contributed by atoms with Crippen LogP contribution in [-0.4, -0.2) is 33.7 Å². The van der Waals surface area contributed by atoms with Gasteiger partial charge in [0.15, 0.2) is 0 Å². The van der Waals surface area contributed by atoms with E-state index in [2.05, 4.69) is 39.6 Å². The molecule has 146 valence electrons. The number of hydrogen-bond donors (Lipinski definition) is 2. The number of primary amides is 1. The Kier molecular flexibility index (Phi) is 6.52. The Morgan fingerprint density at radius 1 is 1.37 bits per heavy atom. The quantitative estimate of drug-likeness (QED) is 0.762. The second-order valence-electron chi connectivity index (χ2n) is 7.38. The third kappa shape index (κ3) is 5.09. The van der Waals surface area contributed by atoms with Crippen LogP contribution in [0.4, 0.5) is 0 Å². The molecule has 0 spiro atoms. The molecule has 1 saturated heterocycles. The van der Waals surface area contributed by atoms with E-state index < -0.39 is 0 Å². The Labute approximate surface area is 165 Å². The Morgan fingerprint density at radius 3 is 2.85 bits per heavy atom. The van der Waals surface area contributed by atoms with E-state index in [1.165, 1.54) is 11.1 Å². The molecule has 2 heterocycles. The summed E-state index contributed by atoms with van der Waals surface area (Å²) in [6.07, 6.45) is 1.94. The monoisotopic (exact) mass is 389 g/mol. The van der Waals surface area contributed by atoms with Gasteiger partial charge in [-0.3, -0.25) is 14.4 Å². The van der Waals surface area contributed by atoms with Crippen molar-refractivity contribution >= 4 is 17.5 Å². The molecule has 1 atom stereocenters. The minimum absolute atomic E-state index is 0.0175. The van der Waals surface area contributed by atoms with E-state index in [1.807, 2.05) is 14.0 Å². The maximum absolute atomic E-state index is 11.5. The first-order chi connectivity index (χ1) is 12.9. The zero-order valence-electron chi connectivity index (χ0n) is 16.0. The van der Waals surface area contributed by atoms with Crippen molar-refractivity contribution in [3.63, 3.8) is 0 Å². The molecule has 3 rings (SSSR count). The largest absolute Gasteiger partial charge is 0.369 e. The number of hydrogen-bond acceptors (Lipinski definition) is 4. The molecule has 1 aliphatic rings. The van der Waals surface area contributed by atoms with Crippen LogP contribution >= 0.6 is 11.6 Å². The van der Waals surface area contributed by atoms with Gasteiger partial charge in [0.2, 0.25) is 5.91 Å². The number of halogens is 1. The highest BCUT2D eigenvalue weighted by atomic mass is 35.5. The number of nitrogens with zero attached hydrogens (tertiary/aromatic N) is 3. The smallest absolute Gasteiger partial charge is 0.221 e. The summed E-state index contributed by atoms with van der Waals surface area (Å²) in [5.41, 5.74) is 9.97. The van der Waals surface area contributed by atoms with Crippen LogP contribution < -0.4 is 11.1 Å². The third-order valence-electron chi connectivity index (χ3n) is 5.21. The fourth-order valence-electron chi connectivity index (χ4n) is 3.73. The predicted molar refractivity (Wildman–Crippen MR) is 107 cm³/mol. The molecule has 3 N–H and O–H groups in total. The lowest BCUT2D eigenvalue weighted by atomic mass is 9.97. The van der Waals surface area contributed by atoms with Gasteiger partial charge in [0.1, 0.15) is 5.15 Å². The van der Waals surface area contributed by atoms with Crippen LogP contribution in [0.15, 0.2) is 24.3 Å². The fourth-order valence-corrected chi connectivity index (χ4v) is 3.98. The van der Waals surface area contributed by atoms with Crippen molar-refractivity contribution in [1.82, 2.24) is 20.0 Å². The number of rotatable bonds is 7. The van der Waals surface area contributed by atoms with Gasteiger partial charge in [-0.05, 0) is 37.4 Å². The predicted octanol–water partition coefficient (Wildman–Crippen LogP) is 2.37. The van der Waals surface area contributed by atoms with E-state index in [0.717, 1.165) is 50.3 Å². The number of amides is 1. The first kappa shape index (κ1) is 19.9. The number of piperidine rings is 1. The summed E-state index contributed by atoms with van der Waals surface area (Å²) in [6.45, 7) is 6.06. The molecule has 0 saturated carbocycles. The van der Waals surface area contributed by atoms with Crippen molar-refractivity contribution in [3.05, 3.63) is 51.8 Å². The lowest BCUT2D eigenvalue weighted by Crippen LogP contribution is -2.40. The molecule has 6 nitrogen and oxygen atoms in total. The van der Waals surface area contributed by atoms with E-state index >= 15 is 0 Å². The van der Waals surface area contributed by atoms with Gasteiger partial charge < -0.3 is 11.1 Å². The van der Waals surface area contributed by atoms with Crippen molar-refractivity contribution in [3.8, 4) is 0 Å². The number of likely N-dealkylation sites (tertiary alicyclic amines) is 1. The summed E-state index contributed by atoms with van der Waals surface area (Å²) in [5, 5.41) is 8.48. The SMILES string of the molecule is Cc1nn(C)c(Cl)c1CNCc1cccc(CN2CCC[C@@H](C(N)=O)C2)c1. The first-order valence-corrected chi connectivity index (χ1v) is 9.80. The highest BCUT2D eigenvalue weighted by Crippen LogP contribution is 2.20. The highest BCUT2D eigenvalue weighted by molar-refractivity contribution is 6.30. The average Bonchev–Trinajstić information content (AvgIpc) is 2.88. The second kappa shape index (κ2) is 8.87. The molecule has 7 heteroatoms. The summed E-state index contributed by atoms with van der Waals surface area (Å²) in [5.74, 6) is -0.196. The Balaban J connectivity index is 1.55. The zero-order valence-corrected chi connectivity index (χ0v) is 16.8. The minimum Gasteiger partial charge on any atom is -0.369 e. The van der Waals surface area contributed by atoms with Crippen LogP contribution in [0.5, 0.6) is 0 Å². The molecule has 0 unspecified atom stereocenters. The summed E-state index contributed by atoms with van der Waals surface area (Å²) in [4.78, 5) is 13.8. The Morgan fingerprint density at radius 2 is 2.15 bits per heavy atom. The third-order valence-corrected chi connectivity index (χ3v) is 5.68. The van der Waals surface area contributed by atoms with Crippen molar-refractivity contribution in [2.45, 2.75) is 39.4 Å². The molecule has 1 fully saturated rings. The summed E-state index contributed by atoms with van der Waals surface area (Å²) < 4.78 is 1.70. The van der Waals surface area contributed by atoms with Crippen molar-refractivity contribution < 1.29 is 4.79 Å². The molecule has 0 aliphatic carbocycles. The van der Waals surface area contributed by atoms with Crippen LogP contribution in [0.2, 0.25) is 5.15 Å². The molecular weight excluding hydrogens is 362 g/mol. The van der Waals surface area contributed by atoms with Gasteiger partial charge in [-0.2, -0.15) is 5.10 Å². The van der Waals surface area contributed by atoms with E-state index in [-0.39, 0.29) is 11.8 Å². The van der Waals surface area contributed by atoms with Gasteiger partial charge in [0, 0.05) is 38.8 Å². The van der Waals surface area contributed by atoms with Gasteiger partial charge >= 0.3 is 0 Å². The summed E-state index contributed by atoms with van der Waals surface area (Å²) >= 11 is 6.29. The number of nitrogens with two attached hydrogens (primary N) is 1. The van der Waals surface area contributed by atoms with Crippen molar-refractivity contribution in [2.75, 3.05) is 13.1 Å². The molecule has 1 aromatic carbocycles. The van der Waals surface area contributed by atoms with Crippen molar-refractivity contribution in [2.24, 2.45) is 18.7 Å². The fraction of sp³-hybridized carbons (Fsp3) is 0.500. The minimum atomic E-state index is -0.179. The Bertz CT molecular complexity index is 804. The van der Waals surface area contributed by atoms with E-state index in [9.17, 15) is 4.79 Å². The molecule has 0 radical (unpaired) electrons. The van der Waals surface area contributed by atoms with Gasteiger partial charge in [0.05, 0.1) is 11.6 Å². The van der Waals surface area contributed by atoms with E-state index in [1.54, 1.807) is 4.68 Å². The average molecular weight is 390 g/mol. The number of aromatic nitrogens is 2. The molecule has 27 heavy (non-hydrogen) atoms. The molecular formula is C20H28ClN5O. The van der Waals surface area contributed by atoms with E-state index in [4.69, 9.17) is 17.3 Å². The molecule has 1 amide bonds. The van der Waals surface area contributed by atoms with Crippen molar-refractivity contribution in [1.29, 1.82) is 0 Å². The van der Waals surface area contributed by atoms with Gasteiger partial charge in [-0.25, -0.2) is 0 Å². The van der Waals surface area contributed by atoms with Gasteiger partial charge in [-0.15, -0.1) is 0 Å².